The molecule has 2 N–H and O–H groups in total. The third-order valence-corrected chi connectivity index (χ3v) is 3.09. The van der Waals surface area contributed by atoms with Gasteiger partial charge in [0.25, 0.3) is 0 Å². The largest absolute Gasteiger partial charge is 0.491 e. The minimum Gasteiger partial charge on any atom is -0.491 e. The number of nitrogens with zero attached hydrogens (tertiary/aromatic N) is 2. The highest BCUT2D eigenvalue weighted by Gasteiger charge is 2.08. The zero-order valence-corrected chi connectivity index (χ0v) is 11.8. The van der Waals surface area contributed by atoms with Crippen LogP contribution in [0, 0.1) is 0 Å². The summed E-state index contributed by atoms with van der Waals surface area (Å²) in [6.07, 6.45) is 3.67. The molecule has 0 aliphatic carbocycles. The van der Waals surface area contributed by atoms with E-state index in [4.69, 9.17) is 10.5 Å². The highest BCUT2D eigenvalue weighted by molar-refractivity contribution is 9.10. The van der Waals surface area contributed by atoms with Gasteiger partial charge < -0.3 is 10.5 Å². The van der Waals surface area contributed by atoms with Crippen molar-refractivity contribution in [2.75, 3.05) is 6.61 Å². The van der Waals surface area contributed by atoms with E-state index in [1.165, 1.54) is 0 Å². The van der Waals surface area contributed by atoms with Crippen molar-refractivity contribution in [3.05, 3.63) is 46.7 Å². The second kappa shape index (κ2) is 6.02. The number of nitrogens with two attached hydrogens (primary N) is 1. The normalized spacial score (nSPS) is 12.4. The maximum absolute atomic E-state index is 5.93. The lowest BCUT2D eigenvalue weighted by Crippen LogP contribution is -2.12. The van der Waals surface area contributed by atoms with Crippen molar-refractivity contribution < 1.29 is 4.74 Å². The molecule has 96 valence electrons. The molecule has 0 fully saturated rings. The van der Waals surface area contributed by atoms with Crippen molar-refractivity contribution in [3.8, 4) is 5.75 Å². The number of hydrogen-bond donors (Lipinski definition) is 1. The third-order valence-electron chi connectivity index (χ3n) is 2.60. The molecule has 0 aliphatic rings. The molecule has 4 nitrogen and oxygen atoms in total. The van der Waals surface area contributed by atoms with Gasteiger partial charge in [-0.2, -0.15) is 5.10 Å². The molecule has 0 radical (unpaired) electrons. The highest BCUT2D eigenvalue weighted by Crippen LogP contribution is 2.27. The summed E-state index contributed by atoms with van der Waals surface area (Å²) in [5.41, 5.74) is 6.94. The molecule has 1 aromatic heterocycles. The van der Waals surface area contributed by atoms with Crippen LogP contribution in [0.3, 0.4) is 0 Å². The first-order valence-electron chi connectivity index (χ1n) is 5.82. The zero-order chi connectivity index (χ0) is 13.0. The van der Waals surface area contributed by atoms with Gasteiger partial charge in [-0.15, -0.1) is 0 Å². The average molecular weight is 310 g/mol. The van der Waals surface area contributed by atoms with Crippen LogP contribution in [-0.2, 0) is 6.54 Å². The van der Waals surface area contributed by atoms with Crippen LogP contribution in [0.4, 0.5) is 0 Å². The number of benzene rings is 1. The summed E-state index contributed by atoms with van der Waals surface area (Å²) in [6, 6.07) is 7.73. The van der Waals surface area contributed by atoms with E-state index in [0.29, 0.717) is 6.61 Å². The molecule has 0 unspecified atom stereocenters. The molecule has 5 heteroatoms. The van der Waals surface area contributed by atoms with Crippen LogP contribution < -0.4 is 10.5 Å². The van der Waals surface area contributed by atoms with Crippen molar-refractivity contribution in [2.45, 2.75) is 19.5 Å². The first kappa shape index (κ1) is 13.1. The van der Waals surface area contributed by atoms with Crippen LogP contribution in [0.15, 0.2) is 41.1 Å². The van der Waals surface area contributed by atoms with E-state index in [9.17, 15) is 0 Å². The smallest absolute Gasteiger partial charge is 0.124 e. The Bertz CT molecular complexity index is 497. The fourth-order valence-electron chi connectivity index (χ4n) is 1.69. The summed E-state index contributed by atoms with van der Waals surface area (Å²) >= 11 is 3.44. The SMILES string of the molecule is C[C@@H](N)c1cc(Br)ccc1OCCn1cccn1. The number of ether oxygens (including phenoxy) is 1. The molecule has 1 heterocycles. The maximum Gasteiger partial charge on any atom is 0.124 e. The lowest BCUT2D eigenvalue weighted by molar-refractivity contribution is 0.287. The molecule has 0 saturated carbocycles. The van der Waals surface area contributed by atoms with E-state index < -0.39 is 0 Å². The molecular weight excluding hydrogens is 294 g/mol. The second-order valence-corrected chi connectivity index (χ2v) is 5.00. The van der Waals surface area contributed by atoms with Gasteiger partial charge >= 0.3 is 0 Å². The van der Waals surface area contributed by atoms with Gasteiger partial charge in [-0.3, -0.25) is 4.68 Å². The molecule has 0 spiro atoms. The van der Waals surface area contributed by atoms with Gasteiger partial charge in [-0.25, -0.2) is 0 Å². The Balaban J connectivity index is 2.00. The van der Waals surface area contributed by atoms with Crippen LogP contribution in [0.2, 0.25) is 0 Å². The molecule has 0 bridgehead atoms. The number of aromatic nitrogens is 2. The van der Waals surface area contributed by atoms with Crippen molar-refractivity contribution in [1.29, 1.82) is 0 Å². The van der Waals surface area contributed by atoms with Gasteiger partial charge in [0, 0.05) is 28.5 Å². The molecule has 2 rings (SSSR count). The van der Waals surface area contributed by atoms with Crippen molar-refractivity contribution in [1.82, 2.24) is 9.78 Å². The van der Waals surface area contributed by atoms with Crippen LogP contribution in [-0.4, -0.2) is 16.4 Å². The summed E-state index contributed by atoms with van der Waals surface area (Å²) in [5.74, 6) is 0.834. The molecule has 1 atom stereocenters. The standard InChI is InChI=1S/C13H16BrN3O/c1-10(15)12-9-11(14)3-4-13(12)18-8-7-17-6-2-5-16-17/h2-6,9-10H,7-8,15H2,1H3/t10-/m1/s1. The van der Waals surface area contributed by atoms with E-state index in [1.54, 1.807) is 6.20 Å². The topological polar surface area (TPSA) is 53.1 Å². The number of halogens is 1. The number of hydrogen-bond acceptors (Lipinski definition) is 3. The van der Waals surface area contributed by atoms with Crippen LogP contribution in [0.25, 0.3) is 0 Å². The number of rotatable bonds is 5. The predicted octanol–water partition coefficient (Wildman–Crippen LogP) is 2.74. The van der Waals surface area contributed by atoms with Gasteiger partial charge in [0.05, 0.1) is 6.54 Å². The van der Waals surface area contributed by atoms with Gasteiger partial charge in [0.1, 0.15) is 12.4 Å². The van der Waals surface area contributed by atoms with Gasteiger partial charge in [-0.05, 0) is 31.2 Å². The fraction of sp³-hybridized carbons (Fsp3) is 0.308. The van der Waals surface area contributed by atoms with E-state index in [0.717, 1.165) is 22.3 Å². The molecular formula is C13H16BrN3O. The van der Waals surface area contributed by atoms with Crippen LogP contribution >= 0.6 is 15.9 Å². The molecule has 1 aromatic carbocycles. The Morgan fingerprint density at radius 1 is 1.50 bits per heavy atom. The van der Waals surface area contributed by atoms with Crippen molar-refractivity contribution >= 4 is 15.9 Å². The van der Waals surface area contributed by atoms with E-state index in [-0.39, 0.29) is 6.04 Å². The quantitative estimate of drug-likeness (QED) is 0.924. The fourth-order valence-corrected chi connectivity index (χ4v) is 2.07. The first-order valence-corrected chi connectivity index (χ1v) is 6.61. The van der Waals surface area contributed by atoms with Gasteiger partial charge in [-0.1, -0.05) is 15.9 Å². The predicted molar refractivity (Wildman–Crippen MR) is 74.5 cm³/mol. The van der Waals surface area contributed by atoms with Crippen molar-refractivity contribution in [3.63, 3.8) is 0 Å². The Morgan fingerprint density at radius 2 is 2.33 bits per heavy atom. The summed E-state index contributed by atoms with van der Waals surface area (Å²) in [4.78, 5) is 0. The third kappa shape index (κ3) is 3.34. The van der Waals surface area contributed by atoms with E-state index in [1.807, 2.05) is 42.1 Å². The Morgan fingerprint density at radius 3 is 3.00 bits per heavy atom. The minimum absolute atomic E-state index is 0.0535. The minimum atomic E-state index is -0.0535. The van der Waals surface area contributed by atoms with Gasteiger partial charge in [0.15, 0.2) is 0 Å². The first-order chi connectivity index (χ1) is 8.66. The van der Waals surface area contributed by atoms with Crippen molar-refractivity contribution in [2.24, 2.45) is 5.73 Å². The van der Waals surface area contributed by atoms with Crippen LogP contribution in [0.1, 0.15) is 18.5 Å². The lowest BCUT2D eigenvalue weighted by atomic mass is 10.1. The molecule has 18 heavy (non-hydrogen) atoms. The Kier molecular flexibility index (Phi) is 4.38. The monoisotopic (exact) mass is 309 g/mol. The summed E-state index contributed by atoms with van der Waals surface area (Å²) < 4.78 is 8.61. The lowest BCUT2D eigenvalue weighted by Gasteiger charge is -2.14. The van der Waals surface area contributed by atoms with Gasteiger partial charge in [0.2, 0.25) is 0 Å². The summed E-state index contributed by atoms with van der Waals surface area (Å²) in [5, 5.41) is 4.12. The average Bonchev–Trinajstić information content (AvgIpc) is 2.84. The maximum atomic E-state index is 5.93. The molecule has 0 aliphatic heterocycles. The Labute approximate surface area is 115 Å². The van der Waals surface area contributed by atoms with E-state index >= 15 is 0 Å². The molecule has 0 saturated heterocycles. The second-order valence-electron chi connectivity index (χ2n) is 4.09. The van der Waals surface area contributed by atoms with E-state index in [2.05, 4.69) is 21.0 Å². The highest BCUT2D eigenvalue weighted by atomic mass is 79.9. The summed E-state index contributed by atoms with van der Waals surface area (Å²) in [6.45, 7) is 3.24. The zero-order valence-electron chi connectivity index (χ0n) is 10.2. The Hall–Kier alpha value is -1.33. The van der Waals surface area contributed by atoms with Crippen LogP contribution in [0.5, 0.6) is 5.75 Å². The molecule has 2 aromatic rings. The molecule has 0 amide bonds. The summed E-state index contributed by atoms with van der Waals surface area (Å²) in [7, 11) is 0.